The molecule has 4 aromatic carbocycles. The van der Waals surface area contributed by atoms with Gasteiger partial charge < -0.3 is 4.57 Å². The van der Waals surface area contributed by atoms with E-state index in [-0.39, 0.29) is 0 Å². The molecule has 1 aliphatic carbocycles. The van der Waals surface area contributed by atoms with Crippen molar-refractivity contribution < 1.29 is 0 Å². The SMILES string of the molecule is CCC(C)c1ccc(-c2ccc(-c3ccc4c5c6c(ccc5n(C)c4c3)CCC=C6)cc2)cc1. The molecule has 168 valence electrons. The number of allylic oxidation sites excluding steroid dienone is 1. The monoisotopic (exact) mass is 441 g/mol. The van der Waals surface area contributed by atoms with E-state index in [9.17, 15) is 0 Å². The van der Waals surface area contributed by atoms with E-state index >= 15 is 0 Å². The third-order valence-corrected chi connectivity index (χ3v) is 7.81. The molecule has 0 bridgehead atoms. The van der Waals surface area contributed by atoms with Gasteiger partial charge in [-0.3, -0.25) is 0 Å². The van der Waals surface area contributed by atoms with Crippen molar-refractivity contribution in [3.05, 3.63) is 102 Å². The maximum Gasteiger partial charge on any atom is 0.0495 e. The minimum absolute atomic E-state index is 0.613. The minimum Gasteiger partial charge on any atom is -0.344 e. The van der Waals surface area contributed by atoms with Crippen LogP contribution in [0, 0.1) is 0 Å². The van der Waals surface area contributed by atoms with Crippen LogP contribution < -0.4 is 0 Å². The Balaban J connectivity index is 1.37. The van der Waals surface area contributed by atoms with Crippen LogP contribution in [-0.4, -0.2) is 4.57 Å². The fourth-order valence-electron chi connectivity index (χ4n) is 5.49. The highest BCUT2D eigenvalue weighted by Gasteiger charge is 2.16. The van der Waals surface area contributed by atoms with Crippen LogP contribution in [0.4, 0.5) is 0 Å². The highest BCUT2D eigenvalue weighted by molar-refractivity contribution is 6.13. The van der Waals surface area contributed by atoms with E-state index in [0.29, 0.717) is 5.92 Å². The Morgan fingerprint density at radius 1 is 0.765 bits per heavy atom. The Bertz CT molecular complexity index is 1530. The molecule has 5 aromatic rings. The predicted octanol–water partition coefficient (Wildman–Crippen LogP) is 9.14. The molecule has 0 fully saturated rings. The normalized spacial score (nSPS) is 14.0. The number of fused-ring (bicyclic) bond motifs is 5. The van der Waals surface area contributed by atoms with Gasteiger partial charge in [0.05, 0.1) is 0 Å². The largest absolute Gasteiger partial charge is 0.344 e. The second-order valence-corrected chi connectivity index (χ2v) is 9.77. The molecule has 0 N–H and O–H groups in total. The molecule has 0 amide bonds. The van der Waals surface area contributed by atoms with Crippen molar-refractivity contribution in [2.24, 2.45) is 7.05 Å². The van der Waals surface area contributed by atoms with Gasteiger partial charge in [0.15, 0.2) is 0 Å². The van der Waals surface area contributed by atoms with Gasteiger partial charge in [-0.25, -0.2) is 0 Å². The topological polar surface area (TPSA) is 4.93 Å². The molecule has 1 aliphatic rings. The van der Waals surface area contributed by atoms with Crippen LogP contribution in [0.3, 0.4) is 0 Å². The van der Waals surface area contributed by atoms with Gasteiger partial charge in [-0.15, -0.1) is 0 Å². The minimum atomic E-state index is 0.613. The van der Waals surface area contributed by atoms with E-state index in [2.05, 4.69) is 116 Å². The van der Waals surface area contributed by atoms with Crippen molar-refractivity contribution in [2.75, 3.05) is 0 Å². The van der Waals surface area contributed by atoms with Crippen LogP contribution >= 0.6 is 0 Å². The molecule has 1 heteroatoms. The van der Waals surface area contributed by atoms with Crippen LogP contribution in [0.1, 0.15) is 49.3 Å². The van der Waals surface area contributed by atoms with E-state index in [1.54, 1.807) is 0 Å². The van der Waals surface area contributed by atoms with Crippen molar-refractivity contribution in [1.82, 2.24) is 4.57 Å². The number of aromatic nitrogens is 1. The number of hydrogen-bond donors (Lipinski definition) is 0. The van der Waals surface area contributed by atoms with Gasteiger partial charge in [0.2, 0.25) is 0 Å². The summed E-state index contributed by atoms with van der Waals surface area (Å²) < 4.78 is 2.35. The van der Waals surface area contributed by atoms with E-state index in [4.69, 9.17) is 0 Å². The van der Waals surface area contributed by atoms with E-state index < -0.39 is 0 Å². The predicted molar refractivity (Wildman–Crippen MR) is 147 cm³/mol. The zero-order valence-electron chi connectivity index (χ0n) is 20.3. The van der Waals surface area contributed by atoms with Crippen LogP contribution in [0.15, 0.2) is 84.9 Å². The lowest BCUT2D eigenvalue weighted by Gasteiger charge is -2.11. The molecule has 0 saturated carbocycles. The van der Waals surface area contributed by atoms with E-state index in [1.807, 2.05) is 0 Å². The Morgan fingerprint density at radius 2 is 1.41 bits per heavy atom. The van der Waals surface area contributed by atoms with Crippen molar-refractivity contribution in [1.29, 1.82) is 0 Å². The van der Waals surface area contributed by atoms with Crippen molar-refractivity contribution in [3.63, 3.8) is 0 Å². The van der Waals surface area contributed by atoms with Crippen LogP contribution in [-0.2, 0) is 13.5 Å². The maximum atomic E-state index is 2.35. The highest BCUT2D eigenvalue weighted by atomic mass is 14.9. The lowest BCUT2D eigenvalue weighted by atomic mass is 9.93. The molecule has 1 heterocycles. The van der Waals surface area contributed by atoms with Crippen LogP contribution in [0.25, 0.3) is 50.1 Å². The molecule has 0 spiro atoms. The fraction of sp³-hybridized carbons (Fsp3) is 0.212. The maximum absolute atomic E-state index is 2.35. The number of hydrogen-bond acceptors (Lipinski definition) is 0. The molecular formula is C33H31N. The third-order valence-electron chi connectivity index (χ3n) is 7.81. The molecule has 0 saturated heterocycles. The standard InChI is InChI=1S/C33H31N/c1-4-22(2)23-9-11-24(12-10-23)25-13-15-26(16-14-25)28-17-19-30-32(21-28)34(3)31-20-18-27-7-5-6-8-29(27)33(30)31/h6,8-22H,4-5,7H2,1-3H3. The average Bonchev–Trinajstić information content (AvgIpc) is 3.20. The van der Waals surface area contributed by atoms with Crippen molar-refractivity contribution >= 4 is 27.9 Å². The Kier molecular flexibility index (Phi) is 5.14. The first kappa shape index (κ1) is 21.0. The van der Waals surface area contributed by atoms with Crippen LogP contribution in [0.2, 0.25) is 0 Å². The molecule has 1 nitrogen and oxygen atoms in total. The second-order valence-electron chi connectivity index (χ2n) is 9.77. The molecule has 0 radical (unpaired) electrons. The van der Waals surface area contributed by atoms with Crippen molar-refractivity contribution in [2.45, 2.75) is 39.0 Å². The summed E-state index contributed by atoms with van der Waals surface area (Å²) in [5, 5.41) is 2.75. The second kappa shape index (κ2) is 8.33. The Hall–Kier alpha value is -3.58. The zero-order chi connectivity index (χ0) is 23.2. The highest BCUT2D eigenvalue weighted by Crippen LogP contribution is 2.37. The first-order valence-corrected chi connectivity index (χ1v) is 12.6. The third kappa shape index (κ3) is 3.39. The fourth-order valence-corrected chi connectivity index (χ4v) is 5.49. The van der Waals surface area contributed by atoms with E-state index in [1.165, 1.54) is 67.2 Å². The summed E-state index contributed by atoms with van der Waals surface area (Å²) >= 11 is 0. The summed E-state index contributed by atoms with van der Waals surface area (Å²) in [5.41, 5.74) is 12.0. The summed E-state index contributed by atoms with van der Waals surface area (Å²) in [6.07, 6.45) is 8.10. The molecule has 1 unspecified atom stereocenters. The van der Waals surface area contributed by atoms with Gasteiger partial charge in [-0.05, 0) is 76.3 Å². The molecule has 1 atom stereocenters. The first-order chi connectivity index (χ1) is 16.6. The quantitative estimate of drug-likeness (QED) is 0.262. The first-order valence-electron chi connectivity index (χ1n) is 12.6. The van der Waals surface area contributed by atoms with Gasteiger partial charge >= 0.3 is 0 Å². The molecule has 1 aromatic heterocycles. The summed E-state index contributed by atoms with van der Waals surface area (Å²) in [6, 6.07) is 29.6. The lowest BCUT2D eigenvalue weighted by Crippen LogP contribution is -1.95. The molecule has 6 rings (SSSR count). The number of aryl methyl sites for hydroxylation is 2. The van der Waals surface area contributed by atoms with Gasteiger partial charge in [-0.2, -0.15) is 0 Å². The molecular weight excluding hydrogens is 410 g/mol. The number of benzene rings is 4. The summed E-state index contributed by atoms with van der Waals surface area (Å²) in [5.74, 6) is 0.613. The zero-order valence-corrected chi connectivity index (χ0v) is 20.3. The average molecular weight is 442 g/mol. The molecule has 34 heavy (non-hydrogen) atoms. The number of nitrogens with zero attached hydrogens (tertiary/aromatic N) is 1. The Labute approximate surface area is 202 Å². The lowest BCUT2D eigenvalue weighted by molar-refractivity contribution is 0.734. The van der Waals surface area contributed by atoms with Crippen LogP contribution in [0.5, 0.6) is 0 Å². The summed E-state index contributed by atoms with van der Waals surface area (Å²) in [6.45, 7) is 4.54. The van der Waals surface area contributed by atoms with Crippen molar-refractivity contribution in [3.8, 4) is 22.3 Å². The number of rotatable bonds is 4. The van der Waals surface area contributed by atoms with Gasteiger partial charge in [0.1, 0.15) is 0 Å². The van der Waals surface area contributed by atoms with E-state index in [0.717, 1.165) is 12.8 Å². The molecule has 0 aliphatic heterocycles. The van der Waals surface area contributed by atoms with Gasteiger partial charge in [-0.1, -0.05) is 92.7 Å². The smallest absolute Gasteiger partial charge is 0.0495 e. The Morgan fingerprint density at radius 3 is 2.12 bits per heavy atom. The summed E-state index contributed by atoms with van der Waals surface area (Å²) in [7, 11) is 2.19. The summed E-state index contributed by atoms with van der Waals surface area (Å²) in [4.78, 5) is 0. The van der Waals surface area contributed by atoms with Gasteiger partial charge in [0, 0.05) is 28.9 Å². The van der Waals surface area contributed by atoms with Gasteiger partial charge in [0.25, 0.3) is 0 Å².